The van der Waals surface area contributed by atoms with Gasteiger partial charge in [-0.15, -0.1) is 0 Å². The largest absolute Gasteiger partial charge is 0.0654 e. The summed E-state index contributed by atoms with van der Waals surface area (Å²) in [6.45, 7) is 13.1. The van der Waals surface area contributed by atoms with E-state index in [2.05, 4.69) is 34.6 Å². The van der Waals surface area contributed by atoms with Crippen LogP contribution in [0.25, 0.3) is 0 Å². The van der Waals surface area contributed by atoms with Gasteiger partial charge in [0.1, 0.15) is 0 Å². The molecule has 1 atom stereocenters. The fourth-order valence-corrected chi connectivity index (χ4v) is 0.860. The molecule has 0 rings (SSSR count). The fourth-order valence-electron chi connectivity index (χ4n) is 0.860. The smallest absolute Gasteiger partial charge is 0.0303 e. The van der Waals surface area contributed by atoms with E-state index in [1.165, 1.54) is 12.8 Å². The molecule has 0 aromatic heterocycles. The van der Waals surface area contributed by atoms with Crippen molar-refractivity contribution in [1.29, 1.82) is 0 Å². The van der Waals surface area contributed by atoms with E-state index in [9.17, 15) is 0 Å². The third-order valence-electron chi connectivity index (χ3n) is 2.21. The van der Waals surface area contributed by atoms with Crippen LogP contribution in [0.15, 0.2) is 0 Å². The molecule has 0 heteroatoms. The van der Waals surface area contributed by atoms with Crippen LogP contribution in [0, 0.1) is 18.3 Å². The standard InChI is InChI=1S/C9H19/c1-6-7-9(4,5)8(2)3/h8H,4,6-7H2,1-3,5H3. The quantitative estimate of drug-likeness (QED) is 0.545. The normalized spacial score (nSPS) is 12.7. The van der Waals surface area contributed by atoms with E-state index < -0.39 is 0 Å². The highest BCUT2D eigenvalue weighted by Gasteiger charge is 2.20. The zero-order valence-electron chi connectivity index (χ0n) is 7.20. The van der Waals surface area contributed by atoms with Gasteiger partial charge in [0, 0.05) is 0 Å². The lowest BCUT2D eigenvalue weighted by molar-refractivity contribution is 0.268. The minimum Gasteiger partial charge on any atom is -0.0654 e. The maximum Gasteiger partial charge on any atom is -0.0303 e. The maximum absolute atomic E-state index is 4.16. The van der Waals surface area contributed by atoms with Crippen LogP contribution in [0.3, 0.4) is 0 Å². The van der Waals surface area contributed by atoms with Crippen LogP contribution >= 0.6 is 0 Å². The summed E-state index contributed by atoms with van der Waals surface area (Å²) in [5.41, 5.74) is 0.300. The van der Waals surface area contributed by atoms with Crippen LogP contribution in [-0.4, -0.2) is 0 Å². The highest BCUT2D eigenvalue weighted by molar-refractivity contribution is 4.78. The van der Waals surface area contributed by atoms with Crippen LogP contribution < -0.4 is 0 Å². The van der Waals surface area contributed by atoms with Gasteiger partial charge in [-0.05, 0) is 24.7 Å². The fraction of sp³-hybridized carbons (Fsp3) is 0.889. The second-order valence-electron chi connectivity index (χ2n) is 3.56. The molecule has 0 heterocycles. The van der Waals surface area contributed by atoms with Gasteiger partial charge in [0.2, 0.25) is 0 Å². The van der Waals surface area contributed by atoms with Gasteiger partial charge in [-0.2, -0.15) is 0 Å². The Morgan fingerprint density at radius 1 is 1.44 bits per heavy atom. The van der Waals surface area contributed by atoms with Gasteiger partial charge in [-0.25, -0.2) is 0 Å². The van der Waals surface area contributed by atoms with Crippen molar-refractivity contribution in [1.82, 2.24) is 0 Å². The van der Waals surface area contributed by atoms with Crippen molar-refractivity contribution in [3.05, 3.63) is 6.92 Å². The second-order valence-corrected chi connectivity index (χ2v) is 3.56. The highest BCUT2D eigenvalue weighted by atomic mass is 14.3. The third-order valence-corrected chi connectivity index (χ3v) is 2.21. The predicted octanol–water partition coefficient (Wildman–Crippen LogP) is 3.28. The Bertz CT molecular complexity index is 70.1. The summed E-state index contributed by atoms with van der Waals surface area (Å²) >= 11 is 0. The predicted molar refractivity (Wildman–Crippen MR) is 43.2 cm³/mol. The van der Waals surface area contributed by atoms with Crippen molar-refractivity contribution < 1.29 is 0 Å². The summed E-state index contributed by atoms with van der Waals surface area (Å²) in [7, 11) is 0. The van der Waals surface area contributed by atoms with Crippen LogP contribution in [-0.2, 0) is 0 Å². The van der Waals surface area contributed by atoms with E-state index in [4.69, 9.17) is 0 Å². The molecule has 0 N–H and O–H groups in total. The summed E-state index contributed by atoms with van der Waals surface area (Å²) < 4.78 is 0. The summed E-state index contributed by atoms with van der Waals surface area (Å²) in [6.07, 6.45) is 2.49. The highest BCUT2D eigenvalue weighted by Crippen LogP contribution is 2.30. The zero-order valence-corrected chi connectivity index (χ0v) is 7.20. The monoisotopic (exact) mass is 127 g/mol. The van der Waals surface area contributed by atoms with E-state index in [0.29, 0.717) is 11.3 Å². The maximum atomic E-state index is 4.16. The topological polar surface area (TPSA) is 0 Å². The lowest BCUT2D eigenvalue weighted by Crippen LogP contribution is -2.18. The van der Waals surface area contributed by atoms with Crippen molar-refractivity contribution in [2.45, 2.75) is 40.5 Å². The first-order valence-electron chi connectivity index (χ1n) is 3.86. The van der Waals surface area contributed by atoms with Gasteiger partial charge < -0.3 is 0 Å². The van der Waals surface area contributed by atoms with Gasteiger partial charge in [0.15, 0.2) is 0 Å². The van der Waals surface area contributed by atoms with Crippen LogP contribution in [0.5, 0.6) is 0 Å². The summed E-state index contributed by atoms with van der Waals surface area (Å²) in [4.78, 5) is 0. The zero-order chi connectivity index (χ0) is 7.49. The molecule has 1 radical (unpaired) electrons. The minimum atomic E-state index is 0.300. The molecule has 0 aliphatic carbocycles. The lowest BCUT2D eigenvalue weighted by Gasteiger charge is -2.28. The van der Waals surface area contributed by atoms with E-state index in [0.717, 1.165) is 0 Å². The van der Waals surface area contributed by atoms with Crippen molar-refractivity contribution >= 4 is 0 Å². The van der Waals surface area contributed by atoms with Crippen LogP contribution in [0.1, 0.15) is 40.5 Å². The number of rotatable bonds is 3. The minimum absolute atomic E-state index is 0.300. The number of hydrogen-bond acceptors (Lipinski definition) is 0. The average Bonchev–Trinajstić information content (AvgIpc) is 1.65. The molecule has 0 amide bonds. The Balaban J connectivity index is 3.70. The average molecular weight is 127 g/mol. The summed E-state index contributed by atoms with van der Waals surface area (Å²) in [6, 6.07) is 0. The van der Waals surface area contributed by atoms with Crippen molar-refractivity contribution in [3.63, 3.8) is 0 Å². The SMILES string of the molecule is [CH2]C(C)(CCC)C(C)C. The molecule has 1 unspecified atom stereocenters. The van der Waals surface area contributed by atoms with Gasteiger partial charge in [-0.1, -0.05) is 34.1 Å². The molecule has 0 aliphatic rings. The molecule has 0 aromatic rings. The Morgan fingerprint density at radius 3 is 2.00 bits per heavy atom. The Labute approximate surface area is 59.7 Å². The van der Waals surface area contributed by atoms with Gasteiger partial charge in [0.25, 0.3) is 0 Å². The van der Waals surface area contributed by atoms with Crippen LogP contribution in [0.2, 0.25) is 0 Å². The second kappa shape index (κ2) is 3.24. The summed E-state index contributed by atoms with van der Waals surface area (Å²) in [5, 5.41) is 0. The van der Waals surface area contributed by atoms with Gasteiger partial charge in [0.05, 0.1) is 0 Å². The lowest BCUT2D eigenvalue weighted by atomic mass is 9.78. The molecule has 55 valence electrons. The number of hydrogen-bond donors (Lipinski definition) is 0. The van der Waals surface area contributed by atoms with Gasteiger partial charge >= 0.3 is 0 Å². The molecule has 0 bridgehead atoms. The Kier molecular flexibility index (Phi) is 3.24. The molecule has 0 aromatic carbocycles. The molecular formula is C9H19. The van der Waals surface area contributed by atoms with E-state index in [1.54, 1.807) is 0 Å². The molecular weight excluding hydrogens is 108 g/mol. The van der Waals surface area contributed by atoms with Gasteiger partial charge in [-0.3, -0.25) is 0 Å². The first-order valence-corrected chi connectivity index (χ1v) is 3.86. The van der Waals surface area contributed by atoms with Crippen molar-refractivity contribution in [3.8, 4) is 0 Å². The molecule has 0 spiro atoms. The van der Waals surface area contributed by atoms with E-state index in [-0.39, 0.29) is 0 Å². The summed E-state index contributed by atoms with van der Waals surface area (Å²) in [5.74, 6) is 0.706. The first-order chi connectivity index (χ1) is 4.00. The van der Waals surface area contributed by atoms with E-state index in [1.807, 2.05) is 0 Å². The molecule has 0 saturated heterocycles. The molecule has 0 aliphatic heterocycles. The molecule has 0 saturated carbocycles. The molecule has 0 fully saturated rings. The van der Waals surface area contributed by atoms with Crippen molar-refractivity contribution in [2.24, 2.45) is 11.3 Å². The first kappa shape index (κ1) is 9.00. The Morgan fingerprint density at radius 2 is 1.89 bits per heavy atom. The van der Waals surface area contributed by atoms with Crippen molar-refractivity contribution in [2.75, 3.05) is 0 Å². The van der Waals surface area contributed by atoms with E-state index >= 15 is 0 Å². The Hall–Kier alpha value is 0. The molecule has 0 nitrogen and oxygen atoms in total. The molecule has 9 heavy (non-hydrogen) atoms. The van der Waals surface area contributed by atoms with Crippen LogP contribution in [0.4, 0.5) is 0 Å². The third kappa shape index (κ3) is 2.88.